The van der Waals surface area contributed by atoms with Crippen molar-refractivity contribution in [2.24, 2.45) is 16.5 Å². The first-order valence-electron chi connectivity index (χ1n) is 5.82. The molecule has 0 aliphatic carbocycles. The molecule has 0 fully saturated rings. The van der Waals surface area contributed by atoms with Gasteiger partial charge in [0, 0.05) is 12.5 Å². The molecule has 5 N–H and O–H groups in total. The van der Waals surface area contributed by atoms with Gasteiger partial charge in [-0.2, -0.15) is 0 Å². The Morgan fingerprint density at radius 3 is 2.14 bits per heavy atom. The van der Waals surface area contributed by atoms with Crippen LogP contribution in [0.2, 0.25) is 0 Å². The molecule has 112 valence electrons. The van der Waals surface area contributed by atoms with Crippen molar-refractivity contribution in [2.75, 3.05) is 6.26 Å². The number of nitrogens with two attached hydrogens (primary N) is 2. The van der Waals surface area contributed by atoms with E-state index in [0.29, 0.717) is 5.69 Å². The number of hydrogen-bond donors (Lipinski definition) is 3. The number of nitrogens with one attached hydrogen (secondary N) is 1. The van der Waals surface area contributed by atoms with E-state index in [9.17, 15) is 13.2 Å². The van der Waals surface area contributed by atoms with Crippen molar-refractivity contribution in [3.63, 3.8) is 0 Å². The first kappa shape index (κ1) is 16.6. The van der Waals surface area contributed by atoms with E-state index >= 15 is 0 Å². The second kappa shape index (κ2) is 6.31. The predicted octanol–water partition coefficient (Wildman–Crippen LogP) is 0.530. The number of primary amides is 1. The van der Waals surface area contributed by atoms with E-state index in [1.807, 2.05) is 0 Å². The summed E-state index contributed by atoms with van der Waals surface area (Å²) < 4.78 is 22.7. The molecule has 0 heterocycles. The average molecular weight is 308 g/mol. The van der Waals surface area contributed by atoms with Crippen molar-refractivity contribution in [1.29, 1.82) is 5.41 Å². The third-order valence-corrected chi connectivity index (χ3v) is 3.76. The third-order valence-electron chi connectivity index (χ3n) is 2.63. The number of benzene rings is 1. The highest BCUT2D eigenvalue weighted by Crippen LogP contribution is 2.17. The number of carbonyl (C=O) groups excluding carboxylic acids is 1. The van der Waals surface area contributed by atoms with Crippen LogP contribution in [-0.2, 0) is 14.6 Å². The highest BCUT2D eigenvalue weighted by atomic mass is 32.2. The van der Waals surface area contributed by atoms with Crippen molar-refractivity contribution in [2.45, 2.75) is 11.8 Å². The van der Waals surface area contributed by atoms with Crippen molar-refractivity contribution >= 4 is 33.5 Å². The van der Waals surface area contributed by atoms with Gasteiger partial charge < -0.3 is 16.9 Å². The molecular formula is C13H16N4O3S. The number of aliphatic imine (C=N–C) groups is 1. The number of carbonyl (C=O) groups is 1. The largest absolute Gasteiger partial charge is 0.383 e. The Hall–Kier alpha value is -2.48. The lowest BCUT2D eigenvalue weighted by Gasteiger charge is -2.05. The van der Waals surface area contributed by atoms with E-state index in [2.05, 4.69) is 4.99 Å². The number of rotatable bonds is 5. The van der Waals surface area contributed by atoms with Gasteiger partial charge >= 0.3 is 0 Å². The summed E-state index contributed by atoms with van der Waals surface area (Å²) in [6.07, 6.45) is 2.05. The fourth-order valence-electron chi connectivity index (χ4n) is 1.56. The topological polar surface area (TPSA) is 139 Å². The highest BCUT2D eigenvalue weighted by Gasteiger charge is 2.13. The Bertz CT molecular complexity index is 731. The fraction of sp³-hybridized carbons (Fsp3) is 0.154. The smallest absolute Gasteiger partial charge is 0.252 e. The van der Waals surface area contributed by atoms with Gasteiger partial charge in [0.05, 0.1) is 16.2 Å². The van der Waals surface area contributed by atoms with E-state index in [4.69, 9.17) is 16.9 Å². The molecule has 0 aliphatic heterocycles. The minimum Gasteiger partial charge on any atom is -0.383 e. The molecule has 21 heavy (non-hydrogen) atoms. The molecule has 0 aromatic heterocycles. The maximum Gasteiger partial charge on any atom is 0.252 e. The van der Waals surface area contributed by atoms with Crippen LogP contribution in [0.4, 0.5) is 5.69 Å². The molecule has 1 rings (SSSR count). The predicted molar refractivity (Wildman–Crippen MR) is 81.5 cm³/mol. The van der Waals surface area contributed by atoms with Crippen molar-refractivity contribution in [3.8, 4) is 0 Å². The summed E-state index contributed by atoms with van der Waals surface area (Å²) >= 11 is 0. The minimum absolute atomic E-state index is 0.0443. The molecule has 0 unspecified atom stereocenters. The van der Waals surface area contributed by atoms with E-state index < -0.39 is 15.7 Å². The van der Waals surface area contributed by atoms with E-state index in [1.165, 1.54) is 31.2 Å². The lowest BCUT2D eigenvalue weighted by atomic mass is 10.1. The number of amidine groups is 1. The summed E-state index contributed by atoms with van der Waals surface area (Å²) in [5.41, 5.74) is 11.5. The maximum absolute atomic E-state index is 11.3. The SMILES string of the molecule is C/C(C=N)=C(/C(N)=O)C(N)=Nc1ccc(S(C)(=O)=O)cc1. The van der Waals surface area contributed by atoms with Gasteiger partial charge in [0.15, 0.2) is 9.84 Å². The van der Waals surface area contributed by atoms with Crippen molar-refractivity contribution in [3.05, 3.63) is 35.4 Å². The summed E-state index contributed by atoms with van der Waals surface area (Å²) in [4.78, 5) is 15.5. The Balaban J connectivity index is 3.24. The summed E-state index contributed by atoms with van der Waals surface area (Å²) in [7, 11) is -3.29. The number of nitrogens with zero attached hydrogens (tertiary/aromatic N) is 1. The summed E-state index contributed by atoms with van der Waals surface area (Å²) in [6.45, 7) is 1.52. The molecule has 1 aromatic carbocycles. The highest BCUT2D eigenvalue weighted by molar-refractivity contribution is 7.90. The van der Waals surface area contributed by atoms with Crippen LogP contribution in [0.5, 0.6) is 0 Å². The Morgan fingerprint density at radius 1 is 1.24 bits per heavy atom. The molecule has 0 radical (unpaired) electrons. The van der Waals surface area contributed by atoms with Gasteiger partial charge in [-0.3, -0.25) is 4.79 Å². The van der Waals surface area contributed by atoms with Crippen LogP contribution in [0, 0.1) is 5.41 Å². The molecule has 1 aromatic rings. The number of amides is 1. The van der Waals surface area contributed by atoms with Crippen LogP contribution < -0.4 is 11.5 Å². The van der Waals surface area contributed by atoms with Crippen LogP contribution >= 0.6 is 0 Å². The van der Waals surface area contributed by atoms with Gasteiger partial charge in [0.2, 0.25) is 0 Å². The van der Waals surface area contributed by atoms with E-state index in [1.54, 1.807) is 0 Å². The molecule has 0 aliphatic rings. The monoisotopic (exact) mass is 308 g/mol. The first-order chi connectivity index (χ1) is 9.66. The molecule has 0 saturated carbocycles. The van der Waals surface area contributed by atoms with Crippen LogP contribution in [0.1, 0.15) is 6.92 Å². The lowest BCUT2D eigenvalue weighted by molar-refractivity contribution is -0.114. The Morgan fingerprint density at radius 2 is 1.76 bits per heavy atom. The molecule has 0 atom stereocenters. The van der Waals surface area contributed by atoms with Crippen molar-refractivity contribution < 1.29 is 13.2 Å². The van der Waals surface area contributed by atoms with Crippen LogP contribution in [0.3, 0.4) is 0 Å². The number of sulfone groups is 1. The molecule has 0 saturated heterocycles. The van der Waals surface area contributed by atoms with E-state index in [-0.39, 0.29) is 21.9 Å². The lowest BCUT2D eigenvalue weighted by Crippen LogP contribution is -2.27. The second-order valence-corrected chi connectivity index (χ2v) is 6.35. The van der Waals surface area contributed by atoms with Crippen LogP contribution in [0.25, 0.3) is 0 Å². The fourth-order valence-corrected chi connectivity index (χ4v) is 2.19. The number of hydrogen-bond acceptors (Lipinski definition) is 5. The zero-order chi connectivity index (χ0) is 16.2. The zero-order valence-electron chi connectivity index (χ0n) is 11.6. The molecule has 1 amide bonds. The molecule has 0 spiro atoms. The maximum atomic E-state index is 11.3. The molecule has 7 nitrogen and oxygen atoms in total. The summed E-state index contributed by atoms with van der Waals surface area (Å²) in [5, 5.41) is 7.13. The summed E-state index contributed by atoms with van der Waals surface area (Å²) in [6, 6.07) is 5.69. The van der Waals surface area contributed by atoms with Gasteiger partial charge in [0.25, 0.3) is 5.91 Å². The standard InChI is InChI=1S/C13H16N4O3S/c1-8(7-14)11(13(16)18)12(15)17-9-3-5-10(6-4-9)21(2,19)20/h3-7,14H,1-2H3,(H2,15,17)(H2,16,18)/b11-8-,14-7?. The molecule has 0 bridgehead atoms. The van der Waals surface area contributed by atoms with Gasteiger partial charge in [-0.05, 0) is 36.8 Å². The van der Waals surface area contributed by atoms with Gasteiger partial charge in [0.1, 0.15) is 5.84 Å². The van der Waals surface area contributed by atoms with Gasteiger partial charge in [-0.25, -0.2) is 13.4 Å². The number of allylic oxidation sites excluding steroid dienone is 1. The van der Waals surface area contributed by atoms with E-state index in [0.717, 1.165) is 12.5 Å². The Kier molecular flexibility index (Phi) is 4.98. The quantitative estimate of drug-likeness (QED) is 0.414. The molecule has 8 heteroatoms. The zero-order valence-corrected chi connectivity index (χ0v) is 12.4. The van der Waals surface area contributed by atoms with Crippen LogP contribution in [-0.4, -0.2) is 32.6 Å². The summed E-state index contributed by atoms with van der Waals surface area (Å²) in [5.74, 6) is -0.916. The second-order valence-electron chi connectivity index (χ2n) is 4.33. The van der Waals surface area contributed by atoms with Gasteiger partial charge in [-0.15, -0.1) is 0 Å². The average Bonchev–Trinajstić information content (AvgIpc) is 2.37. The molecular weight excluding hydrogens is 292 g/mol. The third kappa shape index (κ3) is 4.25. The minimum atomic E-state index is -3.29. The van der Waals surface area contributed by atoms with Crippen molar-refractivity contribution in [1.82, 2.24) is 0 Å². The van der Waals surface area contributed by atoms with Gasteiger partial charge in [-0.1, -0.05) is 0 Å². The first-order valence-corrected chi connectivity index (χ1v) is 7.71. The van der Waals surface area contributed by atoms with Crippen LogP contribution in [0.15, 0.2) is 45.3 Å². The Labute approximate surface area is 122 Å². The normalized spacial score (nSPS) is 13.5.